The van der Waals surface area contributed by atoms with Gasteiger partial charge in [0, 0.05) is 0 Å². The fourth-order valence-corrected chi connectivity index (χ4v) is 0.968. The van der Waals surface area contributed by atoms with Gasteiger partial charge in [-0.3, -0.25) is 0 Å². The van der Waals surface area contributed by atoms with E-state index in [9.17, 15) is 4.79 Å². The third-order valence-electron chi connectivity index (χ3n) is 1.53. The minimum absolute atomic E-state index is 0.0112. The molecule has 0 spiro atoms. The van der Waals surface area contributed by atoms with E-state index < -0.39 is 12.1 Å². The van der Waals surface area contributed by atoms with E-state index in [1.54, 1.807) is 0 Å². The van der Waals surface area contributed by atoms with Crippen LogP contribution in [0, 0.1) is 0 Å². The van der Waals surface area contributed by atoms with Crippen molar-refractivity contribution in [1.29, 1.82) is 0 Å². The van der Waals surface area contributed by atoms with Crippen LogP contribution in [0.15, 0.2) is 0 Å². The van der Waals surface area contributed by atoms with Crippen LogP contribution >= 0.6 is 0 Å². The summed E-state index contributed by atoms with van der Waals surface area (Å²) in [5.41, 5.74) is 0. The van der Waals surface area contributed by atoms with Crippen molar-refractivity contribution in [3.8, 4) is 0 Å². The molecule has 0 radical (unpaired) electrons. The Morgan fingerprint density at radius 1 is 1.50 bits per heavy atom. The number of hydrogen-bond acceptors (Lipinski definition) is 2. The second kappa shape index (κ2) is 6.00. The molecule has 0 aliphatic heterocycles. The summed E-state index contributed by atoms with van der Waals surface area (Å²) in [5, 5.41) is 8.72. The fourth-order valence-electron chi connectivity index (χ4n) is 0.968. The van der Waals surface area contributed by atoms with E-state index in [0.717, 1.165) is 12.8 Å². The van der Waals surface area contributed by atoms with Gasteiger partial charge in [-0.25, -0.2) is 4.79 Å². The maximum absolute atomic E-state index is 10.6. The number of aliphatic carboxylic acids is 1. The van der Waals surface area contributed by atoms with E-state index >= 15 is 0 Å². The Morgan fingerprint density at radius 3 is 2.42 bits per heavy atom. The van der Waals surface area contributed by atoms with E-state index in [1.165, 1.54) is 0 Å². The van der Waals surface area contributed by atoms with Gasteiger partial charge < -0.3 is 9.84 Å². The minimum atomic E-state index is -0.850. The number of rotatable bonds is 6. The van der Waals surface area contributed by atoms with Gasteiger partial charge in [0.1, 0.15) is 0 Å². The van der Waals surface area contributed by atoms with Crippen LogP contribution in [-0.2, 0) is 9.53 Å². The van der Waals surface area contributed by atoms with Gasteiger partial charge in [-0.1, -0.05) is 19.8 Å². The molecule has 0 aromatic carbocycles. The van der Waals surface area contributed by atoms with E-state index in [0.29, 0.717) is 6.42 Å². The molecule has 0 heterocycles. The molecule has 3 heteroatoms. The van der Waals surface area contributed by atoms with Gasteiger partial charge in [0.05, 0.1) is 6.10 Å². The summed E-state index contributed by atoms with van der Waals surface area (Å²) in [6.07, 6.45) is 1.90. The highest BCUT2D eigenvalue weighted by atomic mass is 16.5. The lowest BCUT2D eigenvalue weighted by Crippen LogP contribution is -2.26. The van der Waals surface area contributed by atoms with Crippen LogP contribution in [0.4, 0.5) is 0 Å². The molecule has 1 atom stereocenters. The molecule has 0 amide bonds. The Kier molecular flexibility index (Phi) is 5.72. The molecular weight excluding hydrogens is 156 g/mol. The molecule has 3 nitrogen and oxygen atoms in total. The molecule has 0 fully saturated rings. The van der Waals surface area contributed by atoms with E-state index in [1.807, 2.05) is 20.8 Å². The first-order valence-corrected chi connectivity index (χ1v) is 4.46. The predicted octanol–water partition coefficient (Wildman–Crippen LogP) is 2.05. The molecule has 1 N–H and O–H groups in total. The molecule has 12 heavy (non-hydrogen) atoms. The third-order valence-corrected chi connectivity index (χ3v) is 1.53. The van der Waals surface area contributed by atoms with Gasteiger partial charge in [0.2, 0.25) is 0 Å². The summed E-state index contributed by atoms with van der Waals surface area (Å²) in [4.78, 5) is 10.6. The lowest BCUT2D eigenvalue weighted by Gasteiger charge is -2.15. The Morgan fingerprint density at radius 2 is 2.08 bits per heavy atom. The SMILES string of the molecule is CCCCC(OC(C)C)C(=O)O. The number of hydrogen-bond donors (Lipinski definition) is 1. The topological polar surface area (TPSA) is 46.5 Å². The third kappa shape index (κ3) is 5.13. The molecule has 72 valence electrons. The molecule has 0 bridgehead atoms. The smallest absolute Gasteiger partial charge is 0.332 e. The first-order valence-electron chi connectivity index (χ1n) is 4.46. The van der Waals surface area contributed by atoms with Crippen LogP contribution in [0.25, 0.3) is 0 Å². The van der Waals surface area contributed by atoms with Crippen LogP contribution in [0.2, 0.25) is 0 Å². The average molecular weight is 174 g/mol. The van der Waals surface area contributed by atoms with Gasteiger partial charge in [0.25, 0.3) is 0 Å². The molecule has 0 aromatic heterocycles. The normalized spacial score (nSPS) is 13.3. The highest BCUT2D eigenvalue weighted by Crippen LogP contribution is 2.07. The van der Waals surface area contributed by atoms with Gasteiger partial charge >= 0.3 is 5.97 Å². The van der Waals surface area contributed by atoms with Crippen molar-refractivity contribution in [2.24, 2.45) is 0 Å². The molecule has 0 saturated carbocycles. The molecule has 0 aliphatic rings. The Hall–Kier alpha value is -0.570. The standard InChI is InChI=1S/C9H18O3/c1-4-5-6-8(9(10)11)12-7(2)3/h7-8H,4-6H2,1-3H3,(H,10,11). The second-order valence-electron chi connectivity index (χ2n) is 3.15. The van der Waals surface area contributed by atoms with Crippen molar-refractivity contribution in [3.05, 3.63) is 0 Å². The van der Waals surface area contributed by atoms with Crippen molar-refractivity contribution >= 4 is 5.97 Å². The van der Waals surface area contributed by atoms with E-state index in [-0.39, 0.29) is 6.10 Å². The average Bonchev–Trinajstić information content (AvgIpc) is 1.96. The minimum Gasteiger partial charge on any atom is -0.479 e. The zero-order chi connectivity index (χ0) is 9.56. The molecular formula is C9H18O3. The van der Waals surface area contributed by atoms with Crippen molar-refractivity contribution in [2.75, 3.05) is 0 Å². The van der Waals surface area contributed by atoms with E-state index in [2.05, 4.69) is 0 Å². The fraction of sp³-hybridized carbons (Fsp3) is 0.889. The van der Waals surface area contributed by atoms with Gasteiger partial charge in [-0.05, 0) is 20.3 Å². The maximum Gasteiger partial charge on any atom is 0.332 e. The Balaban J connectivity index is 3.78. The summed E-state index contributed by atoms with van der Waals surface area (Å²) in [7, 11) is 0. The van der Waals surface area contributed by atoms with Gasteiger partial charge in [0.15, 0.2) is 6.10 Å². The second-order valence-corrected chi connectivity index (χ2v) is 3.15. The van der Waals surface area contributed by atoms with Gasteiger partial charge in [-0.15, -0.1) is 0 Å². The quantitative estimate of drug-likeness (QED) is 0.670. The summed E-state index contributed by atoms with van der Waals surface area (Å²) >= 11 is 0. The first kappa shape index (κ1) is 11.4. The summed E-state index contributed by atoms with van der Waals surface area (Å²) in [5.74, 6) is -0.850. The summed E-state index contributed by atoms with van der Waals surface area (Å²) in [6.45, 7) is 5.73. The van der Waals surface area contributed by atoms with Crippen LogP contribution in [-0.4, -0.2) is 23.3 Å². The molecule has 0 rings (SSSR count). The van der Waals surface area contributed by atoms with Crippen molar-refractivity contribution < 1.29 is 14.6 Å². The number of carbonyl (C=O) groups is 1. The number of carboxylic acids is 1. The van der Waals surface area contributed by atoms with E-state index in [4.69, 9.17) is 9.84 Å². The summed E-state index contributed by atoms with van der Waals surface area (Å²) in [6, 6.07) is 0. The zero-order valence-corrected chi connectivity index (χ0v) is 8.04. The van der Waals surface area contributed by atoms with Crippen LogP contribution in [0.3, 0.4) is 0 Å². The lowest BCUT2D eigenvalue weighted by molar-refractivity contribution is -0.153. The Labute approximate surface area is 73.7 Å². The van der Waals surface area contributed by atoms with Crippen LogP contribution < -0.4 is 0 Å². The van der Waals surface area contributed by atoms with Crippen molar-refractivity contribution in [2.45, 2.75) is 52.2 Å². The first-order chi connectivity index (χ1) is 5.57. The molecule has 0 saturated heterocycles. The number of unbranched alkanes of at least 4 members (excludes halogenated alkanes) is 1. The molecule has 0 aromatic rings. The highest BCUT2D eigenvalue weighted by Gasteiger charge is 2.18. The number of carboxylic acid groups (broad SMARTS) is 1. The maximum atomic E-state index is 10.6. The monoisotopic (exact) mass is 174 g/mol. The zero-order valence-electron chi connectivity index (χ0n) is 8.04. The summed E-state index contributed by atoms with van der Waals surface area (Å²) < 4.78 is 5.21. The predicted molar refractivity (Wildman–Crippen MR) is 47.2 cm³/mol. The van der Waals surface area contributed by atoms with Crippen molar-refractivity contribution in [3.63, 3.8) is 0 Å². The van der Waals surface area contributed by atoms with Gasteiger partial charge in [-0.2, -0.15) is 0 Å². The highest BCUT2D eigenvalue weighted by molar-refractivity contribution is 5.72. The number of ether oxygens (including phenoxy) is 1. The largest absolute Gasteiger partial charge is 0.479 e. The van der Waals surface area contributed by atoms with Crippen molar-refractivity contribution in [1.82, 2.24) is 0 Å². The molecule has 1 unspecified atom stereocenters. The Bertz CT molecular complexity index is 132. The lowest BCUT2D eigenvalue weighted by atomic mass is 10.1. The van der Waals surface area contributed by atoms with Crippen LogP contribution in [0.5, 0.6) is 0 Å². The van der Waals surface area contributed by atoms with Crippen LogP contribution in [0.1, 0.15) is 40.0 Å². The molecule has 0 aliphatic carbocycles.